The van der Waals surface area contributed by atoms with Gasteiger partial charge in [0.2, 0.25) is 0 Å². The maximum atomic E-state index is 12.2. The standard InChI is InChI=1S/C18H18N4O4/c1-11-9-22(10-15(26-11)18(25)21-8-16(23)24)14-5-4-12(7-19)17-13(14)3-2-6-20-17/h2-6,11,15H,8-10H2,1H3,(H,21,25)(H,23,24)/t11-,15-/m1/s1. The molecule has 1 saturated heterocycles. The van der Waals surface area contributed by atoms with Crippen LogP contribution in [0.5, 0.6) is 0 Å². The maximum absolute atomic E-state index is 12.2. The molecule has 8 heteroatoms. The van der Waals surface area contributed by atoms with E-state index in [0.29, 0.717) is 17.6 Å². The van der Waals surface area contributed by atoms with Crippen molar-refractivity contribution in [3.63, 3.8) is 0 Å². The third-order valence-electron chi connectivity index (χ3n) is 4.17. The van der Waals surface area contributed by atoms with Gasteiger partial charge < -0.3 is 20.1 Å². The van der Waals surface area contributed by atoms with Gasteiger partial charge in [0.1, 0.15) is 12.6 Å². The number of hydrogen-bond donors (Lipinski definition) is 2. The minimum Gasteiger partial charge on any atom is -0.480 e. The summed E-state index contributed by atoms with van der Waals surface area (Å²) < 4.78 is 5.67. The summed E-state index contributed by atoms with van der Waals surface area (Å²) in [6.45, 7) is 2.26. The number of hydrogen-bond acceptors (Lipinski definition) is 6. The first-order valence-electron chi connectivity index (χ1n) is 8.17. The topological polar surface area (TPSA) is 116 Å². The number of carbonyl (C=O) groups excluding carboxylic acids is 1. The van der Waals surface area contributed by atoms with Crippen LogP contribution in [-0.2, 0) is 14.3 Å². The van der Waals surface area contributed by atoms with Gasteiger partial charge in [-0.1, -0.05) is 0 Å². The predicted molar refractivity (Wildman–Crippen MR) is 93.7 cm³/mol. The minimum absolute atomic E-state index is 0.216. The zero-order chi connectivity index (χ0) is 18.7. The number of anilines is 1. The van der Waals surface area contributed by atoms with Gasteiger partial charge in [0, 0.05) is 23.8 Å². The van der Waals surface area contributed by atoms with Crippen LogP contribution in [0.25, 0.3) is 10.9 Å². The Morgan fingerprint density at radius 2 is 2.23 bits per heavy atom. The van der Waals surface area contributed by atoms with E-state index in [1.165, 1.54) is 0 Å². The second-order valence-corrected chi connectivity index (χ2v) is 6.10. The number of nitrogens with zero attached hydrogens (tertiary/aromatic N) is 3. The molecule has 1 aliphatic rings. The Labute approximate surface area is 150 Å². The zero-order valence-corrected chi connectivity index (χ0v) is 14.2. The van der Waals surface area contributed by atoms with Gasteiger partial charge in [-0.3, -0.25) is 14.6 Å². The smallest absolute Gasteiger partial charge is 0.322 e. The molecule has 8 nitrogen and oxygen atoms in total. The number of fused-ring (bicyclic) bond motifs is 1. The van der Waals surface area contributed by atoms with Gasteiger partial charge >= 0.3 is 5.97 Å². The fourth-order valence-corrected chi connectivity index (χ4v) is 3.09. The number of carboxylic acids is 1. The lowest BCUT2D eigenvalue weighted by Crippen LogP contribution is -2.53. The molecule has 26 heavy (non-hydrogen) atoms. The Morgan fingerprint density at radius 3 is 2.96 bits per heavy atom. The number of carbonyl (C=O) groups is 2. The first kappa shape index (κ1) is 17.6. The van der Waals surface area contributed by atoms with E-state index in [9.17, 15) is 14.9 Å². The first-order valence-corrected chi connectivity index (χ1v) is 8.17. The summed E-state index contributed by atoms with van der Waals surface area (Å²) in [7, 11) is 0. The normalized spacial score (nSPS) is 19.8. The largest absolute Gasteiger partial charge is 0.480 e. The lowest BCUT2D eigenvalue weighted by molar-refractivity contribution is -0.142. The van der Waals surface area contributed by atoms with Crippen molar-refractivity contribution in [1.82, 2.24) is 10.3 Å². The van der Waals surface area contributed by atoms with Crippen molar-refractivity contribution in [2.75, 3.05) is 24.5 Å². The Hall–Kier alpha value is -3.18. The number of ether oxygens (including phenoxy) is 1. The third-order valence-corrected chi connectivity index (χ3v) is 4.17. The molecule has 1 amide bonds. The number of nitrogens with one attached hydrogen (secondary N) is 1. The van der Waals surface area contributed by atoms with E-state index in [1.54, 1.807) is 18.3 Å². The number of aliphatic carboxylic acids is 1. The second-order valence-electron chi connectivity index (χ2n) is 6.10. The third kappa shape index (κ3) is 3.58. The Balaban J connectivity index is 1.89. The van der Waals surface area contributed by atoms with E-state index in [4.69, 9.17) is 9.84 Å². The minimum atomic E-state index is -1.11. The molecule has 0 unspecified atom stereocenters. The molecule has 1 aromatic heterocycles. The number of nitriles is 1. The van der Waals surface area contributed by atoms with E-state index in [0.717, 1.165) is 11.1 Å². The molecule has 2 heterocycles. The molecule has 134 valence electrons. The summed E-state index contributed by atoms with van der Waals surface area (Å²) >= 11 is 0. The summed E-state index contributed by atoms with van der Waals surface area (Å²) in [5.74, 6) is -1.57. The highest BCUT2D eigenvalue weighted by Gasteiger charge is 2.31. The second kappa shape index (κ2) is 7.37. The van der Waals surface area contributed by atoms with Gasteiger partial charge in [0.15, 0.2) is 6.10 Å². The van der Waals surface area contributed by atoms with Gasteiger partial charge in [-0.25, -0.2) is 0 Å². The van der Waals surface area contributed by atoms with Crippen molar-refractivity contribution in [3.05, 3.63) is 36.0 Å². The van der Waals surface area contributed by atoms with Gasteiger partial charge in [-0.2, -0.15) is 5.26 Å². The predicted octanol–water partition coefficient (Wildman–Crippen LogP) is 0.901. The summed E-state index contributed by atoms with van der Waals surface area (Å²) in [5, 5.41) is 21.2. The van der Waals surface area contributed by atoms with Gasteiger partial charge in [-0.05, 0) is 31.2 Å². The van der Waals surface area contributed by atoms with Crippen LogP contribution in [-0.4, -0.2) is 53.8 Å². The van der Waals surface area contributed by atoms with Crippen molar-refractivity contribution < 1.29 is 19.4 Å². The van der Waals surface area contributed by atoms with Crippen molar-refractivity contribution in [2.45, 2.75) is 19.1 Å². The Morgan fingerprint density at radius 1 is 1.42 bits per heavy atom. The van der Waals surface area contributed by atoms with Gasteiger partial charge in [0.05, 0.1) is 23.7 Å². The van der Waals surface area contributed by atoms with E-state index >= 15 is 0 Å². The number of pyridine rings is 1. The van der Waals surface area contributed by atoms with Crippen LogP contribution in [0, 0.1) is 11.3 Å². The summed E-state index contributed by atoms with van der Waals surface area (Å²) in [6, 6.07) is 9.38. The molecule has 1 aromatic carbocycles. The van der Waals surface area contributed by atoms with E-state index in [1.807, 2.05) is 24.0 Å². The van der Waals surface area contributed by atoms with Crippen LogP contribution in [0.2, 0.25) is 0 Å². The van der Waals surface area contributed by atoms with E-state index < -0.39 is 24.5 Å². The molecule has 3 rings (SSSR count). The molecular weight excluding hydrogens is 336 g/mol. The SMILES string of the molecule is C[C@@H]1CN(c2ccc(C#N)c3ncccc23)C[C@H](C(=O)NCC(=O)O)O1. The average molecular weight is 354 g/mol. The fourth-order valence-electron chi connectivity index (χ4n) is 3.09. The van der Waals surface area contributed by atoms with Crippen LogP contribution in [0.4, 0.5) is 5.69 Å². The Bertz CT molecular complexity index is 892. The zero-order valence-electron chi connectivity index (χ0n) is 14.2. The molecule has 0 bridgehead atoms. The number of amides is 1. The summed E-state index contributed by atoms with van der Waals surface area (Å²) in [5.41, 5.74) is 1.96. The number of benzene rings is 1. The first-order chi connectivity index (χ1) is 12.5. The highest BCUT2D eigenvalue weighted by Crippen LogP contribution is 2.30. The highest BCUT2D eigenvalue weighted by atomic mass is 16.5. The summed E-state index contributed by atoms with van der Waals surface area (Å²) in [6.07, 6.45) is 0.643. The van der Waals surface area contributed by atoms with Crippen LogP contribution in [0.1, 0.15) is 12.5 Å². The van der Waals surface area contributed by atoms with Crippen molar-refractivity contribution in [1.29, 1.82) is 5.26 Å². The molecule has 2 aromatic rings. The molecule has 1 aliphatic heterocycles. The molecule has 2 N–H and O–H groups in total. The lowest BCUT2D eigenvalue weighted by Gasteiger charge is -2.38. The lowest BCUT2D eigenvalue weighted by atomic mass is 10.1. The Kier molecular flexibility index (Phi) is 5.00. The van der Waals surface area contributed by atoms with Crippen LogP contribution >= 0.6 is 0 Å². The number of rotatable bonds is 4. The highest BCUT2D eigenvalue weighted by molar-refractivity contribution is 5.95. The van der Waals surface area contributed by atoms with E-state index in [-0.39, 0.29) is 12.6 Å². The fraction of sp³-hybridized carbons (Fsp3) is 0.333. The number of aromatic nitrogens is 1. The van der Waals surface area contributed by atoms with Gasteiger partial charge in [-0.15, -0.1) is 0 Å². The monoisotopic (exact) mass is 354 g/mol. The molecule has 0 spiro atoms. The molecular formula is C18H18N4O4. The van der Waals surface area contributed by atoms with Crippen molar-refractivity contribution in [3.8, 4) is 6.07 Å². The summed E-state index contributed by atoms with van der Waals surface area (Å²) in [4.78, 5) is 29.2. The molecule has 0 radical (unpaired) electrons. The van der Waals surface area contributed by atoms with Crippen molar-refractivity contribution >= 4 is 28.5 Å². The molecule has 2 atom stereocenters. The van der Waals surface area contributed by atoms with Crippen molar-refractivity contribution in [2.24, 2.45) is 0 Å². The van der Waals surface area contributed by atoms with E-state index in [2.05, 4.69) is 16.4 Å². The average Bonchev–Trinajstić information content (AvgIpc) is 2.64. The number of morpholine rings is 1. The number of carboxylic acid groups (broad SMARTS) is 1. The molecule has 0 saturated carbocycles. The quantitative estimate of drug-likeness (QED) is 0.838. The molecule has 0 aliphatic carbocycles. The maximum Gasteiger partial charge on any atom is 0.322 e. The van der Waals surface area contributed by atoms with Gasteiger partial charge in [0.25, 0.3) is 5.91 Å². The van der Waals surface area contributed by atoms with Crippen LogP contribution in [0.15, 0.2) is 30.5 Å². The van der Waals surface area contributed by atoms with Crippen LogP contribution < -0.4 is 10.2 Å². The molecule has 1 fully saturated rings. The van der Waals surface area contributed by atoms with Crippen LogP contribution in [0.3, 0.4) is 0 Å².